The Morgan fingerprint density at radius 1 is 1.16 bits per heavy atom. The van der Waals surface area contributed by atoms with Crippen LogP contribution in [0.2, 0.25) is 5.02 Å². The number of pyridine rings is 1. The van der Waals surface area contributed by atoms with Crippen molar-refractivity contribution in [3.05, 3.63) is 76.7 Å². The van der Waals surface area contributed by atoms with Gasteiger partial charge >= 0.3 is 0 Å². The predicted molar refractivity (Wildman–Crippen MR) is 123 cm³/mol. The van der Waals surface area contributed by atoms with E-state index in [9.17, 15) is 5.26 Å². The van der Waals surface area contributed by atoms with Crippen molar-refractivity contribution in [3.8, 4) is 6.07 Å². The number of fused-ring (bicyclic) bond motifs is 1. The molecule has 0 radical (unpaired) electrons. The molecule has 3 aromatic heterocycles. The van der Waals surface area contributed by atoms with Crippen molar-refractivity contribution in [3.63, 3.8) is 0 Å². The van der Waals surface area contributed by atoms with Gasteiger partial charge in [-0.15, -0.1) is 5.10 Å². The van der Waals surface area contributed by atoms with Gasteiger partial charge in [0.25, 0.3) is 5.78 Å². The van der Waals surface area contributed by atoms with Gasteiger partial charge in [-0.05, 0) is 42.3 Å². The molecule has 0 saturated heterocycles. The highest BCUT2D eigenvalue weighted by molar-refractivity contribution is 6.30. The van der Waals surface area contributed by atoms with Crippen molar-refractivity contribution in [1.29, 1.82) is 5.26 Å². The molecule has 4 N–H and O–H groups in total. The molecular formula is C22H22ClN9. The van der Waals surface area contributed by atoms with E-state index in [1.807, 2.05) is 43.3 Å². The molecule has 0 fully saturated rings. The second kappa shape index (κ2) is 9.60. The summed E-state index contributed by atoms with van der Waals surface area (Å²) in [5, 5.41) is 21.0. The van der Waals surface area contributed by atoms with Crippen molar-refractivity contribution in [1.82, 2.24) is 24.6 Å². The van der Waals surface area contributed by atoms with Crippen LogP contribution in [0.5, 0.6) is 0 Å². The third-order valence-corrected chi connectivity index (χ3v) is 5.16. The van der Waals surface area contributed by atoms with E-state index in [4.69, 9.17) is 17.3 Å². The van der Waals surface area contributed by atoms with Crippen LogP contribution in [0.4, 0.5) is 11.8 Å². The number of nitrogens with two attached hydrogens (primary N) is 1. The number of benzene rings is 1. The van der Waals surface area contributed by atoms with E-state index in [0.717, 1.165) is 22.6 Å². The van der Waals surface area contributed by atoms with Gasteiger partial charge in [0.05, 0.1) is 18.5 Å². The van der Waals surface area contributed by atoms with Crippen LogP contribution in [0.25, 0.3) is 5.78 Å². The average Bonchev–Trinajstić information content (AvgIpc) is 3.20. The lowest BCUT2D eigenvalue weighted by Gasteiger charge is -2.15. The normalized spacial score (nSPS) is 12.8. The summed E-state index contributed by atoms with van der Waals surface area (Å²) < 4.78 is 1.62. The molecule has 162 valence electrons. The van der Waals surface area contributed by atoms with E-state index in [1.165, 1.54) is 0 Å². The van der Waals surface area contributed by atoms with Crippen LogP contribution in [-0.2, 0) is 0 Å². The largest absolute Gasteiger partial charge is 0.368 e. The quantitative estimate of drug-likeness (QED) is 0.373. The molecule has 0 aliphatic heterocycles. The standard InChI is InChI=1S/C22H22ClN9/c1-14-11-20(27-13-18(25)15-6-9-26-10-7-15)32-22(28-14)30-21(31-32)29-19(5-8-24)16-3-2-4-17(23)12-16/h2-4,6-7,9-12,18-19,27H,5,13,25H2,1H3,(H,29,31)/t18-,19-/m1/s1. The minimum Gasteiger partial charge on any atom is -0.368 e. The maximum atomic E-state index is 9.27. The average molecular weight is 448 g/mol. The Morgan fingerprint density at radius 3 is 2.72 bits per heavy atom. The zero-order valence-electron chi connectivity index (χ0n) is 17.4. The van der Waals surface area contributed by atoms with Gasteiger partial charge in [-0.25, -0.2) is 4.98 Å². The van der Waals surface area contributed by atoms with E-state index < -0.39 is 0 Å². The van der Waals surface area contributed by atoms with Gasteiger partial charge in [0.15, 0.2) is 0 Å². The van der Waals surface area contributed by atoms with Crippen molar-refractivity contribution in [2.24, 2.45) is 5.73 Å². The molecule has 0 unspecified atom stereocenters. The van der Waals surface area contributed by atoms with Crippen LogP contribution < -0.4 is 16.4 Å². The third kappa shape index (κ3) is 4.94. The molecule has 1 aromatic carbocycles. The number of nitrogens with one attached hydrogen (secondary N) is 2. The number of halogens is 1. The Morgan fingerprint density at radius 2 is 1.97 bits per heavy atom. The molecule has 0 aliphatic carbocycles. The molecule has 9 nitrogen and oxygen atoms in total. The fourth-order valence-corrected chi connectivity index (χ4v) is 3.54. The van der Waals surface area contributed by atoms with Crippen molar-refractivity contribution < 1.29 is 0 Å². The molecule has 10 heteroatoms. The van der Waals surface area contributed by atoms with E-state index in [1.54, 1.807) is 23.0 Å². The molecule has 0 bridgehead atoms. The topological polar surface area (TPSA) is 130 Å². The Kier molecular flexibility index (Phi) is 6.44. The predicted octanol–water partition coefficient (Wildman–Crippen LogP) is 3.66. The molecule has 32 heavy (non-hydrogen) atoms. The first-order chi connectivity index (χ1) is 15.5. The van der Waals surface area contributed by atoms with Gasteiger partial charge in [0.1, 0.15) is 5.82 Å². The third-order valence-electron chi connectivity index (χ3n) is 4.93. The molecule has 2 atom stereocenters. The highest BCUT2D eigenvalue weighted by Gasteiger charge is 2.17. The minimum atomic E-state index is -0.311. The van der Waals surface area contributed by atoms with Crippen LogP contribution >= 0.6 is 11.6 Å². The van der Waals surface area contributed by atoms with Crippen LogP contribution in [0.1, 0.15) is 35.3 Å². The van der Waals surface area contributed by atoms with E-state index >= 15 is 0 Å². The zero-order valence-corrected chi connectivity index (χ0v) is 18.2. The summed E-state index contributed by atoms with van der Waals surface area (Å²) in [6.45, 7) is 2.38. The maximum absolute atomic E-state index is 9.27. The smallest absolute Gasteiger partial charge is 0.256 e. The fraction of sp³-hybridized carbons (Fsp3) is 0.227. The molecule has 3 heterocycles. The summed E-state index contributed by atoms with van der Waals surface area (Å²) in [7, 11) is 0. The van der Waals surface area contributed by atoms with Crippen molar-refractivity contribution >= 4 is 29.1 Å². The summed E-state index contributed by atoms with van der Waals surface area (Å²) in [5.41, 5.74) is 8.95. The van der Waals surface area contributed by atoms with E-state index in [0.29, 0.717) is 23.3 Å². The van der Waals surface area contributed by atoms with Crippen LogP contribution in [0, 0.1) is 18.3 Å². The summed E-state index contributed by atoms with van der Waals surface area (Å²) >= 11 is 6.12. The first kappa shape index (κ1) is 21.5. The molecular weight excluding hydrogens is 426 g/mol. The minimum absolute atomic E-state index is 0.217. The number of hydrogen-bond donors (Lipinski definition) is 3. The lowest BCUT2D eigenvalue weighted by atomic mass is 10.0. The molecule has 0 spiro atoms. The highest BCUT2D eigenvalue weighted by atomic mass is 35.5. The van der Waals surface area contributed by atoms with Gasteiger partial charge < -0.3 is 16.4 Å². The SMILES string of the molecule is Cc1cc(NC[C@@H](N)c2ccncc2)n2nc(N[C@H](CC#N)c3cccc(Cl)c3)nc2n1. The number of aryl methyl sites for hydroxylation is 1. The lowest BCUT2D eigenvalue weighted by molar-refractivity contribution is 0.752. The van der Waals surface area contributed by atoms with E-state index in [2.05, 4.69) is 36.8 Å². The van der Waals surface area contributed by atoms with Crippen molar-refractivity contribution in [2.75, 3.05) is 17.2 Å². The number of nitrogens with zero attached hydrogens (tertiary/aromatic N) is 6. The number of hydrogen-bond acceptors (Lipinski definition) is 8. The van der Waals surface area contributed by atoms with Gasteiger partial charge in [-0.1, -0.05) is 23.7 Å². The highest BCUT2D eigenvalue weighted by Crippen LogP contribution is 2.24. The monoisotopic (exact) mass is 447 g/mol. The number of nitriles is 1. The number of aromatic nitrogens is 5. The molecule has 4 aromatic rings. The summed E-state index contributed by atoms with van der Waals surface area (Å²) in [6, 6.07) is 14.7. The van der Waals surface area contributed by atoms with Gasteiger partial charge in [-0.2, -0.15) is 14.8 Å². The lowest BCUT2D eigenvalue weighted by Crippen LogP contribution is -2.22. The Bertz CT molecular complexity index is 1250. The molecule has 0 amide bonds. The van der Waals surface area contributed by atoms with Crippen molar-refractivity contribution in [2.45, 2.75) is 25.4 Å². The maximum Gasteiger partial charge on any atom is 0.256 e. The van der Waals surface area contributed by atoms with Gasteiger partial charge in [-0.3, -0.25) is 4.98 Å². The second-order valence-electron chi connectivity index (χ2n) is 7.31. The Labute approximate surface area is 190 Å². The van der Waals surface area contributed by atoms with Gasteiger partial charge in [0.2, 0.25) is 5.95 Å². The summed E-state index contributed by atoms with van der Waals surface area (Å²) in [6.07, 6.45) is 3.67. The summed E-state index contributed by atoms with van der Waals surface area (Å²) in [5.74, 6) is 1.52. The molecule has 0 aliphatic rings. The number of anilines is 2. The van der Waals surface area contributed by atoms with Crippen LogP contribution in [0.3, 0.4) is 0 Å². The van der Waals surface area contributed by atoms with Crippen LogP contribution in [-0.4, -0.2) is 31.1 Å². The van der Waals surface area contributed by atoms with E-state index in [-0.39, 0.29) is 18.5 Å². The first-order valence-corrected chi connectivity index (χ1v) is 10.4. The Hall–Kier alpha value is -3.74. The zero-order chi connectivity index (χ0) is 22.5. The summed E-state index contributed by atoms with van der Waals surface area (Å²) in [4.78, 5) is 13.0. The number of rotatable bonds is 8. The Balaban J connectivity index is 1.57. The fourth-order valence-electron chi connectivity index (χ4n) is 3.34. The molecule has 4 rings (SSSR count). The second-order valence-corrected chi connectivity index (χ2v) is 7.75. The van der Waals surface area contributed by atoms with Gasteiger partial charge in [0, 0.05) is 41.8 Å². The molecule has 0 saturated carbocycles. The first-order valence-electron chi connectivity index (χ1n) is 10.1. The van der Waals surface area contributed by atoms with Crippen LogP contribution in [0.15, 0.2) is 54.9 Å².